The quantitative estimate of drug-likeness (QED) is 0.865. The number of hydrogen-bond acceptors (Lipinski definition) is 4. The number of ether oxygens (including phenoxy) is 1. The summed E-state index contributed by atoms with van der Waals surface area (Å²) in [7, 11) is 0. The minimum absolute atomic E-state index is 0.0695. The summed E-state index contributed by atoms with van der Waals surface area (Å²) in [5.41, 5.74) is 1.23. The van der Waals surface area contributed by atoms with Crippen LogP contribution in [0.1, 0.15) is 26.7 Å². The Morgan fingerprint density at radius 1 is 1.30 bits per heavy atom. The average molecular weight is 316 g/mol. The second-order valence-electron chi connectivity index (χ2n) is 6.31. The van der Waals surface area contributed by atoms with Crippen LogP contribution >= 0.6 is 0 Å². The maximum Gasteiger partial charge on any atom is 0.309 e. The molecule has 23 heavy (non-hydrogen) atoms. The highest BCUT2D eigenvalue weighted by Crippen LogP contribution is 2.38. The SMILES string of the molecule is C[C@@H]1C[C@H]1C(=O)OCC(=O)N1c2ccccc2NC(=O)C[C@@H]1C. The van der Waals surface area contributed by atoms with Gasteiger partial charge in [-0.2, -0.15) is 0 Å². The fourth-order valence-electron chi connectivity index (χ4n) is 2.93. The summed E-state index contributed by atoms with van der Waals surface area (Å²) >= 11 is 0. The van der Waals surface area contributed by atoms with Crippen molar-refractivity contribution in [2.45, 2.75) is 32.7 Å². The van der Waals surface area contributed by atoms with Crippen molar-refractivity contribution in [3.05, 3.63) is 24.3 Å². The summed E-state index contributed by atoms with van der Waals surface area (Å²) in [6, 6.07) is 6.83. The smallest absolute Gasteiger partial charge is 0.309 e. The molecule has 0 radical (unpaired) electrons. The number of carbonyl (C=O) groups excluding carboxylic acids is 3. The van der Waals surface area contributed by atoms with Crippen LogP contribution < -0.4 is 10.2 Å². The molecular formula is C17H20N2O4. The topological polar surface area (TPSA) is 75.7 Å². The van der Waals surface area contributed by atoms with E-state index in [0.29, 0.717) is 17.3 Å². The summed E-state index contributed by atoms with van der Waals surface area (Å²) in [4.78, 5) is 37.8. The highest BCUT2D eigenvalue weighted by molar-refractivity contribution is 6.05. The first-order valence-electron chi connectivity index (χ1n) is 7.85. The molecule has 1 heterocycles. The first-order chi connectivity index (χ1) is 11.0. The molecule has 0 unspecified atom stereocenters. The minimum atomic E-state index is -0.317. The van der Waals surface area contributed by atoms with Gasteiger partial charge in [0.1, 0.15) is 0 Å². The number of carbonyl (C=O) groups is 3. The third kappa shape index (κ3) is 3.21. The Bertz CT molecular complexity index is 658. The monoisotopic (exact) mass is 316 g/mol. The van der Waals surface area contributed by atoms with Gasteiger partial charge < -0.3 is 15.0 Å². The molecule has 1 aliphatic carbocycles. The second-order valence-corrected chi connectivity index (χ2v) is 6.31. The Labute approximate surface area is 134 Å². The predicted octanol–water partition coefficient (Wildman–Crippen LogP) is 1.95. The van der Waals surface area contributed by atoms with E-state index in [4.69, 9.17) is 4.74 Å². The third-order valence-corrected chi connectivity index (χ3v) is 4.38. The van der Waals surface area contributed by atoms with Crippen LogP contribution in [0, 0.1) is 11.8 Å². The van der Waals surface area contributed by atoms with Crippen molar-refractivity contribution in [1.29, 1.82) is 0 Å². The van der Waals surface area contributed by atoms with E-state index in [1.807, 2.05) is 13.8 Å². The molecule has 1 saturated carbocycles. The maximum atomic E-state index is 12.6. The number of esters is 1. The van der Waals surface area contributed by atoms with Gasteiger partial charge in [0.2, 0.25) is 5.91 Å². The number of rotatable bonds is 3. The normalized spacial score (nSPS) is 25.9. The molecule has 0 saturated heterocycles. The first-order valence-corrected chi connectivity index (χ1v) is 7.85. The van der Waals surface area contributed by atoms with Gasteiger partial charge in [-0.25, -0.2) is 0 Å². The highest BCUT2D eigenvalue weighted by atomic mass is 16.5. The van der Waals surface area contributed by atoms with Crippen LogP contribution in [0.25, 0.3) is 0 Å². The molecule has 122 valence electrons. The van der Waals surface area contributed by atoms with E-state index in [9.17, 15) is 14.4 Å². The van der Waals surface area contributed by atoms with E-state index in [1.54, 1.807) is 24.3 Å². The van der Waals surface area contributed by atoms with Gasteiger partial charge in [0.05, 0.1) is 17.3 Å². The zero-order valence-corrected chi connectivity index (χ0v) is 13.2. The minimum Gasteiger partial charge on any atom is -0.455 e. The molecule has 1 aromatic carbocycles. The lowest BCUT2D eigenvalue weighted by atomic mass is 10.1. The molecule has 1 fully saturated rings. The van der Waals surface area contributed by atoms with Crippen molar-refractivity contribution in [2.75, 3.05) is 16.8 Å². The van der Waals surface area contributed by atoms with Crippen molar-refractivity contribution >= 4 is 29.2 Å². The van der Waals surface area contributed by atoms with Gasteiger partial charge in [-0.15, -0.1) is 0 Å². The second kappa shape index (κ2) is 6.02. The largest absolute Gasteiger partial charge is 0.455 e. The van der Waals surface area contributed by atoms with Crippen LogP contribution in [-0.4, -0.2) is 30.4 Å². The van der Waals surface area contributed by atoms with Crippen LogP contribution in [0.2, 0.25) is 0 Å². The number of anilines is 2. The molecule has 2 aliphatic rings. The molecule has 6 heteroatoms. The van der Waals surface area contributed by atoms with Gasteiger partial charge >= 0.3 is 5.97 Å². The predicted molar refractivity (Wildman–Crippen MR) is 84.9 cm³/mol. The Balaban J connectivity index is 1.75. The van der Waals surface area contributed by atoms with E-state index in [0.717, 1.165) is 6.42 Å². The summed E-state index contributed by atoms with van der Waals surface area (Å²) in [5.74, 6) is -0.486. The lowest BCUT2D eigenvalue weighted by molar-refractivity contribution is -0.149. The molecule has 3 atom stereocenters. The van der Waals surface area contributed by atoms with Gasteiger partial charge in [0.25, 0.3) is 5.91 Å². The van der Waals surface area contributed by atoms with Crippen molar-refractivity contribution in [1.82, 2.24) is 0 Å². The Hall–Kier alpha value is -2.37. The van der Waals surface area contributed by atoms with Gasteiger partial charge in [0, 0.05) is 12.5 Å². The average Bonchev–Trinajstić information content (AvgIpc) is 3.24. The summed E-state index contributed by atoms with van der Waals surface area (Å²) < 4.78 is 5.15. The number of amides is 2. The molecule has 3 rings (SSSR count). The molecule has 1 aliphatic heterocycles. The van der Waals surface area contributed by atoms with Crippen molar-refractivity contribution in [3.8, 4) is 0 Å². The highest BCUT2D eigenvalue weighted by Gasteiger charge is 2.41. The number of nitrogens with one attached hydrogen (secondary N) is 1. The van der Waals surface area contributed by atoms with Crippen molar-refractivity contribution in [2.24, 2.45) is 11.8 Å². The number of hydrogen-bond donors (Lipinski definition) is 1. The molecule has 0 spiro atoms. The van der Waals surface area contributed by atoms with Crippen LogP contribution in [0.15, 0.2) is 24.3 Å². The van der Waals surface area contributed by atoms with Crippen LogP contribution in [0.5, 0.6) is 0 Å². The first kappa shape index (κ1) is 15.5. The van der Waals surface area contributed by atoms with Crippen LogP contribution in [0.3, 0.4) is 0 Å². The van der Waals surface area contributed by atoms with Crippen molar-refractivity contribution < 1.29 is 19.1 Å². The fourth-order valence-corrected chi connectivity index (χ4v) is 2.93. The Morgan fingerprint density at radius 3 is 2.70 bits per heavy atom. The molecule has 2 amide bonds. The standard InChI is InChI=1S/C17H20N2O4/c1-10-7-12(10)17(22)23-9-16(21)19-11(2)8-15(20)18-13-5-3-4-6-14(13)19/h3-6,10-12H,7-9H2,1-2H3,(H,18,20)/t10-,11+,12-/m1/s1. The molecular weight excluding hydrogens is 296 g/mol. The molecule has 1 aromatic rings. The van der Waals surface area contributed by atoms with E-state index in [2.05, 4.69) is 5.32 Å². The van der Waals surface area contributed by atoms with Gasteiger partial charge in [-0.1, -0.05) is 19.1 Å². The molecule has 1 N–H and O–H groups in total. The maximum absolute atomic E-state index is 12.6. The van der Waals surface area contributed by atoms with Crippen LogP contribution in [-0.2, 0) is 19.1 Å². The van der Waals surface area contributed by atoms with E-state index in [1.165, 1.54) is 4.90 Å². The van der Waals surface area contributed by atoms with Crippen LogP contribution in [0.4, 0.5) is 11.4 Å². The molecule has 6 nitrogen and oxygen atoms in total. The third-order valence-electron chi connectivity index (χ3n) is 4.38. The van der Waals surface area contributed by atoms with Gasteiger partial charge in [-0.3, -0.25) is 14.4 Å². The fraction of sp³-hybridized carbons (Fsp3) is 0.471. The lowest BCUT2D eigenvalue weighted by Gasteiger charge is -2.27. The Morgan fingerprint density at radius 2 is 2.00 bits per heavy atom. The number of nitrogens with zero attached hydrogens (tertiary/aromatic N) is 1. The molecule has 0 aromatic heterocycles. The van der Waals surface area contributed by atoms with E-state index < -0.39 is 0 Å². The van der Waals surface area contributed by atoms with Gasteiger partial charge in [0.15, 0.2) is 6.61 Å². The number of benzene rings is 1. The summed E-state index contributed by atoms with van der Waals surface area (Å²) in [6.45, 7) is 3.50. The van der Waals surface area contributed by atoms with Crippen molar-refractivity contribution in [3.63, 3.8) is 0 Å². The lowest BCUT2D eigenvalue weighted by Crippen LogP contribution is -2.41. The Kier molecular flexibility index (Phi) is 4.07. The van der Waals surface area contributed by atoms with Gasteiger partial charge in [-0.05, 0) is 31.4 Å². The summed E-state index contributed by atoms with van der Waals surface area (Å²) in [5, 5.41) is 2.80. The van der Waals surface area contributed by atoms with E-state index >= 15 is 0 Å². The molecule has 0 bridgehead atoms. The number of fused-ring (bicyclic) bond motifs is 1. The van der Waals surface area contributed by atoms with E-state index in [-0.39, 0.29) is 42.8 Å². The summed E-state index contributed by atoms with van der Waals surface area (Å²) in [6.07, 6.45) is 1.03. The zero-order valence-electron chi connectivity index (χ0n) is 13.2. The number of para-hydroxylation sites is 2. The zero-order chi connectivity index (χ0) is 16.6.